The summed E-state index contributed by atoms with van der Waals surface area (Å²) in [6.45, 7) is 5.19. The first-order chi connectivity index (χ1) is 9.17. The summed E-state index contributed by atoms with van der Waals surface area (Å²) >= 11 is 3.44. The van der Waals surface area contributed by atoms with Crippen LogP contribution in [0.4, 0.5) is 5.82 Å². The Morgan fingerprint density at radius 2 is 2.11 bits per heavy atom. The van der Waals surface area contributed by atoms with E-state index < -0.39 is 0 Å². The van der Waals surface area contributed by atoms with Crippen LogP contribution in [0.3, 0.4) is 0 Å². The fourth-order valence-corrected chi connectivity index (χ4v) is 2.12. The van der Waals surface area contributed by atoms with E-state index in [2.05, 4.69) is 31.2 Å². The summed E-state index contributed by atoms with van der Waals surface area (Å²) in [5.41, 5.74) is 1.09. The van der Waals surface area contributed by atoms with Crippen molar-refractivity contribution >= 4 is 21.7 Å². The van der Waals surface area contributed by atoms with Crippen LogP contribution in [0.5, 0.6) is 5.88 Å². The highest BCUT2D eigenvalue weighted by Crippen LogP contribution is 2.16. The molecule has 0 aliphatic heterocycles. The van der Waals surface area contributed by atoms with Gasteiger partial charge in [-0.15, -0.1) is 0 Å². The van der Waals surface area contributed by atoms with Gasteiger partial charge in [-0.25, -0.2) is 4.98 Å². The molecule has 0 atom stereocenters. The Hall–Kier alpha value is -1.62. The standard InChI is InChI=1S/C14H16BrN3O/c1-3-16-13-8-14(18-10(2)17-13)19-9-11-5-4-6-12(15)7-11/h4-8H,3,9H2,1-2H3,(H,16,17,18). The van der Waals surface area contributed by atoms with E-state index in [0.29, 0.717) is 18.3 Å². The van der Waals surface area contributed by atoms with Crippen LogP contribution in [-0.4, -0.2) is 16.5 Å². The van der Waals surface area contributed by atoms with Gasteiger partial charge in [-0.3, -0.25) is 0 Å². The smallest absolute Gasteiger partial charge is 0.219 e. The number of hydrogen-bond donors (Lipinski definition) is 1. The Morgan fingerprint density at radius 1 is 1.26 bits per heavy atom. The van der Waals surface area contributed by atoms with Crippen LogP contribution >= 0.6 is 15.9 Å². The van der Waals surface area contributed by atoms with Crippen molar-refractivity contribution in [2.24, 2.45) is 0 Å². The second-order valence-corrected chi connectivity index (χ2v) is 5.00. The number of aryl methyl sites for hydroxylation is 1. The number of anilines is 1. The van der Waals surface area contributed by atoms with Gasteiger partial charge < -0.3 is 10.1 Å². The van der Waals surface area contributed by atoms with Crippen LogP contribution in [-0.2, 0) is 6.61 Å². The van der Waals surface area contributed by atoms with Crippen LogP contribution in [0.1, 0.15) is 18.3 Å². The molecule has 0 aliphatic carbocycles. The maximum Gasteiger partial charge on any atom is 0.219 e. The average Bonchev–Trinajstić information content (AvgIpc) is 2.36. The summed E-state index contributed by atoms with van der Waals surface area (Å²) in [5, 5.41) is 3.16. The Bertz CT molecular complexity index is 560. The van der Waals surface area contributed by atoms with Gasteiger partial charge in [-0.05, 0) is 31.5 Å². The van der Waals surface area contributed by atoms with Gasteiger partial charge in [0.05, 0.1) is 0 Å². The average molecular weight is 322 g/mol. The number of ether oxygens (including phenoxy) is 1. The third-order valence-corrected chi connectivity index (χ3v) is 2.94. The molecule has 0 amide bonds. The first-order valence-electron chi connectivity index (χ1n) is 6.14. The zero-order valence-electron chi connectivity index (χ0n) is 11.0. The molecule has 0 bridgehead atoms. The van der Waals surface area contributed by atoms with E-state index in [0.717, 1.165) is 22.4 Å². The number of nitrogens with one attached hydrogen (secondary N) is 1. The van der Waals surface area contributed by atoms with Crippen molar-refractivity contribution in [2.45, 2.75) is 20.5 Å². The molecule has 0 radical (unpaired) electrons. The molecule has 0 fully saturated rings. The molecule has 1 aromatic carbocycles. The predicted octanol–water partition coefficient (Wildman–Crippen LogP) is 3.56. The van der Waals surface area contributed by atoms with Gasteiger partial charge in [-0.2, -0.15) is 4.98 Å². The summed E-state index contributed by atoms with van der Waals surface area (Å²) in [6, 6.07) is 9.83. The second kappa shape index (κ2) is 6.52. The van der Waals surface area contributed by atoms with Gasteiger partial charge in [-0.1, -0.05) is 28.1 Å². The summed E-state index contributed by atoms with van der Waals surface area (Å²) in [6.07, 6.45) is 0. The molecular formula is C14H16BrN3O. The topological polar surface area (TPSA) is 47.0 Å². The van der Waals surface area contributed by atoms with Crippen molar-refractivity contribution in [3.05, 3.63) is 46.2 Å². The van der Waals surface area contributed by atoms with Gasteiger partial charge in [0.15, 0.2) is 0 Å². The molecule has 0 saturated carbocycles. The van der Waals surface area contributed by atoms with Crippen LogP contribution in [0, 0.1) is 6.92 Å². The highest BCUT2D eigenvalue weighted by Gasteiger charge is 2.03. The first kappa shape index (κ1) is 13.8. The maximum absolute atomic E-state index is 5.70. The highest BCUT2D eigenvalue weighted by molar-refractivity contribution is 9.10. The van der Waals surface area contributed by atoms with E-state index in [1.165, 1.54) is 0 Å². The van der Waals surface area contributed by atoms with E-state index in [1.807, 2.05) is 44.2 Å². The number of rotatable bonds is 5. The van der Waals surface area contributed by atoms with Gasteiger partial charge >= 0.3 is 0 Å². The molecule has 0 saturated heterocycles. The van der Waals surface area contributed by atoms with Gasteiger partial charge in [0.1, 0.15) is 18.2 Å². The summed E-state index contributed by atoms with van der Waals surface area (Å²) < 4.78 is 6.75. The Labute approximate surface area is 121 Å². The van der Waals surface area contributed by atoms with Crippen LogP contribution < -0.4 is 10.1 Å². The molecule has 1 heterocycles. The minimum absolute atomic E-state index is 0.488. The highest BCUT2D eigenvalue weighted by atomic mass is 79.9. The van der Waals surface area contributed by atoms with Crippen LogP contribution in [0.2, 0.25) is 0 Å². The number of benzene rings is 1. The molecule has 5 heteroatoms. The minimum Gasteiger partial charge on any atom is -0.473 e. The zero-order valence-corrected chi connectivity index (χ0v) is 12.6. The van der Waals surface area contributed by atoms with E-state index in [9.17, 15) is 0 Å². The molecule has 1 N–H and O–H groups in total. The van der Waals surface area contributed by atoms with E-state index in [4.69, 9.17) is 4.74 Å². The molecule has 0 aliphatic rings. The fraction of sp³-hybridized carbons (Fsp3) is 0.286. The lowest BCUT2D eigenvalue weighted by Gasteiger charge is -2.09. The van der Waals surface area contributed by atoms with Crippen molar-refractivity contribution in [1.82, 2.24) is 9.97 Å². The summed E-state index contributed by atoms with van der Waals surface area (Å²) in [5.74, 6) is 2.07. The monoisotopic (exact) mass is 321 g/mol. The molecule has 100 valence electrons. The molecular weight excluding hydrogens is 306 g/mol. The molecule has 0 spiro atoms. The third kappa shape index (κ3) is 4.21. The van der Waals surface area contributed by atoms with Crippen molar-refractivity contribution < 1.29 is 4.74 Å². The molecule has 2 rings (SSSR count). The lowest BCUT2D eigenvalue weighted by molar-refractivity contribution is 0.292. The summed E-state index contributed by atoms with van der Waals surface area (Å²) in [7, 11) is 0. The first-order valence-corrected chi connectivity index (χ1v) is 6.93. The van der Waals surface area contributed by atoms with Crippen molar-refractivity contribution in [2.75, 3.05) is 11.9 Å². The quantitative estimate of drug-likeness (QED) is 0.914. The largest absolute Gasteiger partial charge is 0.473 e. The number of hydrogen-bond acceptors (Lipinski definition) is 4. The van der Waals surface area contributed by atoms with Crippen LogP contribution in [0.25, 0.3) is 0 Å². The molecule has 2 aromatic rings. The lowest BCUT2D eigenvalue weighted by Crippen LogP contribution is -2.04. The lowest BCUT2D eigenvalue weighted by atomic mass is 10.2. The van der Waals surface area contributed by atoms with Gasteiger partial charge in [0.25, 0.3) is 0 Å². The van der Waals surface area contributed by atoms with Gasteiger partial charge in [0.2, 0.25) is 5.88 Å². The number of aromatic nitrogens is 2. The number of halogens is 1. The minimum atomic E-state index is 0.488. The van der Waals surface area contributed by atoms with E-state index >= 15 is 0 Å². The fourth-order valence-electron chi connectivity index (χ4n) is 1.67. The zero-order chi connectivity index (χ0) is 13.7. The van der Waals surface area contributed by atoms with E-state index in [-0.39, 0.29) is 0 Å². The normalized spacial score (nSPS) is 10.3. The Morgan fingerprint density at radius 3 is 2.84 bits per heavy atom. The molecule has 1 aromatic heterocycles. The maximum atomic E-state index is 5.70. The molecule has 4 nitrogen and oxygen atoms in total. The van der Waals surface area contributed by atoms with Crippen molar-refractivity contribution in [3.8, 4) is 5.88 Å². The van der Waals surface area contributed by atoms with Gasteiger partial charge in [0, 0.05) is 17.1 Å². The Kier molecular flexibility index (Phi) is 4.74. The third-order valence-electron chi connectivity index (χ3n) is 2.45. The molecule has 0 unspecified atom stereocenters. The Balaban J connectivity index is 2.06. The number of nitrogens with zero attached hydrogens (tertiary/aromatic N) is 2. The van der Waals surface area contributed by atoms with Crippen LogP contribution in [0.15, 0.2) is 34.8 Å². The molecule has 19 heavy (non-hydrogen) atoms. The summed E-state index contributed by atoms with van der Waals surface area (Å²) in [4.78, 5) is 8.55. The van der Waals surface area contributed by atoms with E-state index in [1.54, 1.807) is 0 Å². The van der Waals surface area contributed by atoms with Crippen molar-refractivity contribution in [3.63, 3.8) is 0 Å². The SMILES string of the molecule is CCNc1cc(OCc2cccc(Br)c2)nc(C)n1. The predicted molar refractivity (Wildman–Crippen MR) is 79.4 cm³/mol. The van der Waals surface area contributed by atoms with Crippen molar-refractivity contribution in [1.29, 1.82) is 0 Å². The second-order valence-electron chi connectivity index (χ2n) is 4.09.